The number of anilines is 2. The van der Waals surface area contributed by atoms with E-state index in [1.54, 1.807) is 0 Å². The van der Waals surface area contributed by atoms with Crippen LogP contribution in [0.2, 0.25) is 0 Å². The third-order valence-corrected chi connectivity index (χ3v) is 6.12. The van der Waals surface area contributed by atoms with Crippen molar-refractivity contribution in [2.75, 3.05) is 29.9 Å². The highest BCUT2D eigenvalue weighted by atomic mass is 16.2. The fourth-order valence-corrected chi connectivity index (χ4v) is 5.36. The summed E-state index contributed by atoms with van der Waals surface area (Å²) in [5.41, 5.74) is 2.14. The van der Waals surface area contributed by atoms with Crippen LogP contribution in [0.3, 0.4) is 0 Å². The molecule has 5 heteroatoms. The quantitative estimate of drug-likeness (QED) is 0.817. The minimum Gasteiger partial charge on any atom is -0.372 e. The van der Waals surface area contributed by atoms with Gasteiger partial charge in [0.2, 0.25) is 0 Å². The first-order valence-corrected chi connectivity index (χ1v) is 10.1. The zero-order chi connectivity index (χ0) is 19.8. The zero-order valence-corrected chi connectivity index (χ0v) is 17.3. The van der Waals surface area contributed by atoms with Crippen molar-refractivity contribution in [1.82, 2.24) is 4.90 Å². The van der Waals surface area contributed by atoms with Crippen LogP contribution in [0.4, 0.5) is 11.4 Å². The second-order valence-electron chi connectivity index (χ2n) is 9.32. The van der Waals surface area contributed by atoms with E-state index in [1.165, 1.54) is 0 Å². The Morgan fingerprint density at radius 2 is 1.74 bits per heavy atom. The molecule has 27 heavy (non-hydrogen) atoms. The second kappa shape index (κ2) is 7.17. The van der Waals surface area contributed by atoms with Crippen LogP contribution in [0.5, 0.6) is 0 Å². The first kappa shape index (κ1) is 19.7. The van der Waals surface area contributed by atoms with E-state index in [9.17, 15) is 9.59 Å². The van der Waals surface area contributed by atoms with E-state index < -0.39 is 11.8 Å². The fraction of sp³-hybridized carbons (Fsp3) is 0.636. The monoisotopic (exact) mass is 371 g/mol. The molecule has 1 aliphatic carbocycles. The maximum absolute atomic E-state index is 12.8. The highest BCUT2D eigenvalue weighted by molar-refractivity contribution is 6.39. The predicted octanol–water partition coefficient (Wildman–Crippen LogP) is 3.90. The molecule has 0 radical (unpaired) electrons. The van der Waals surface area contributed by atoms with Crippen molar-refractivity contribution in [2.24, 2.45) is 10.8 Å². The number of benzene rings is 1. The van der Waals surface area contributed by atoms with E-state index in [0.29, 0.717) is 12.2 Å². The molecule has 1 heterocycles. The highest BCUT2D eigenvalue weighted by Gasteiger charge is 2.51. The van der Waals surface area contributed by atoms with Crippen molar-refractivity contribution in [3.8, 4) is 0 Å². The summed E-state index contributed by atoms with van der Waals surface area (Å²) in [4.78, 5) is 29.4. The van der Waals surface area contributed by atoms with Crippen molar-refractivity contribution in [3.05, 3.63) is 24.3 Å². The minimum atomic E-state index is -0.528. The van der Waals surface area contributed by atoms with Crippen molar-refractivity contribution in [2.45, 2.75) is 59.9 Å². The van der Waals surface area contributed by atoms with Crippen molar-refractivity contribution < 1.29 is 9.59 Å². The van der Waals surface area contributed by atoms with Gasteiger partial charge in [0.25, 0.3) is 0 Å². The van der Waals surface area contributed by atoms with Gasteiger partial charge in [-0.1, -0.05) is 20.8 Å². The number of carbonyl (C=O) groups is 2. The molecule has 2 aliphatic rings. The van der Waals surface area contributed by atoms with Gasteiger partial charge in [-0.25, -0.2) is 0 Å². The molecule has 0 spiro atoms. The molecule has 0 aromatic heterocycles. The number of rotatable bonds is 4. The van der Waals surface area contributed by atoms with Crippen molar-refractivity contribution in [3.63, 3.8) is 0 Å². The lowest BCUT2D eigenvalue weighted by Crippen LogP contribution is -2.43. The van der Waals surface area contributed by atoms with E-state index in [0.717, 1.165) is 38.0 Å². The molecular weight excluding hydrogens is 338 g/mol. The Morgan fingerprint density at radius 3 is 2.33 bits per heavy atom. The smallest absolute Gasteiger partial charge is 0.313 e. The van der Waals surface area contributed by atoms with Crippen LogP contribution in [0.25, 0.3) is 0 Å². The Bertz CT molecular complexity index is 709. The van der Waals surface area contributed by atoms with Crippen LogP contribution >= 0.6 is 0 Å². The molecular formula is C22H33N3O2. The van der Waals surface area contributed by atoms with Crippen LogP contribution in [0.15, 0.2) is 24.3 Å². The number of nitrogens with zero attached hydrogens (tertiary/aromatic N) is 2. The lowest BCUT2D eigenvalue weighted by atomic mass is 9.65. The SMILES string of the molecule is CCN(CC)c1ccc(NC(=O)C(=O)N2CC3(C)CC2CC(C)(C)C3)cc1. The van der Waals surface area contributed by atoms with Crippen molar-refractivity contribution >= 4 is 23.2 Å². The third-order valence-electron chi connectivity index (χ3n) is 6.12. The first-order chi connectivity index (χ1) is 12.7. The Labute approximate surface area is 163 Å². The summed E-state index contributed by atoms with van der Waals surface area (Å²) in [5, 5.41) is 2.79. The van der Waals surface area contributed by atoms with Gasteiger partial charge in [-0.05, 0) is 68.2 Å². The van der Waals surface area contributed by atoms with E-state index in [-0.39, 0.29) is 16.9 Å². The molecule has 1 N–H and O–H groups in total. The van der Waals surface area contributed by atoms with Gasteiger partial charge in [0, 0.05) is 37.1 Å². The zero-order valence-electron chi connectivity index (χ0n) is 17.3. The molecule has 1 aliphatic heterocycles. The van der Waals surface area contributed by atoms with Gasteiger partial charge >= 0.3 is 11.8 Å². The molecule has 2 atom stereocenters. The van der Waals surface area contributed by atoms with Gasteiger partial charge in [-0.3, -0.25) is 9.59 Å². The first-order valence-electron chi connectivity index (χ1n) is 10.1. The number of hydrogen-bond donors (Lipinski definition) is 1. The maximum Gasteiger partial charge on any atom is 0.313 e. The van der Waals surface area contributed by atoms with Crippen LogP contribution in [-0.4, -0.2) is 42.4 Å². The molecule has 2 unspecified atom stereocenters. The van der Waals surface area contributed by atoms with Gasteiger partial charge in [-0.15, -0.1) is 0 Å². The Morgan fingerprint density at radius 1 is 1.11 bits per heavy atom. The second-order valence-corrected chi connectivity index (χ2v) is 9.32. The number of likely N-dealkylation sites (tertiary alicyclic amines) is 1. The van der Waals surface area contributed by atoms with Crippen LogP contribution in [0.1, 0.15) is 53.9 Å². The molecule has 5 nitrogen and oxygen atoms in total. The minimum absolute atomic E-state index is 0.133. The van der Waals surface area contributed by atoms with Gasteiger partial charge in [0.15, 0.2) is 0 Å². The average molecular weight is 372 g/mol. The molecule has 3 rings (SSSR count). The van der Waals surface area contributed by atoms with Gasteiger partial charge in [-0.2, -0.15) is 0 Å². The highest BCUT2D eigenvalue weighted by Crippen LogP contribution is 2.52. The van der Waals surface area contributed by atoms with Crippen LogP contribution in [0, 0.1) is 10.8 Å². The Hall–Kier alpha value is -2.04. The summed E-state index contributed by atoms with van der Waals surface area (Å²) in [5.74, 6) is -0.922. The van der Waals surface area contributed by atoms with Crippen LogP contribution < -0.4 is 10.2 Å². The molecule has 1 aromatic carbocycles. The van der Waals surface area contributed by atoms with E-state index in [1.807, 2.05) is 29.2 Å². The Balaban J connectivity index is 1.66. The Kier molecular flexibility index (Phi) is 5.24. The predicted molar refractivity (Wildman–Crippen MR) is 110 cm³/mol. The lowest BCUT2D eigenvalue weighted by molar-refractivity contribution is -0.144. The standard InChI is InChI=1S/C22H33N3O2/c1-6-24(7-2)17-10-8-16(9-11-17)23-19(26)20(27)25-15-22(5)13-18(25)12-21(3,4)14-22/h8-11,18H,6-7,12-15H2,1-5H3,(H,23,26). The number of amides is 2. The summed E-state index contributed by atoms with van der Waals surface area (Å²) >= 11 is 0. The molecule has 148 valence electrons. The van der Waals surface area contributed by atoms with Crippen LogP contribution in [-0.2, 0) is 9.59 Å². The maximum atomic E-state index is 12.8. The molecule has 2 bridgehead atoms. The molecule has 2 fully saturated rings. The summed E-state index contributed by atoms with van der Waals surface area (Å²) in [6.07, 6.45) is 3.09. The average Bonchev–Trinajstić information content (AvgIpc) is 2.85. The summed E-state index contributed by atoms with van der Waals surface area (Å²) in [7, 11) is 0. The van der Waals surface area contributed by atoms with E-state index >= 15 is 0 Å². The lowest BCUT2D eigenvalue weighted by Gasteiger charge is -2.39. The summed E-state index contributed by atoms with van der Waals surface area (Å²) in [6, 6.07) is 7.89. The number of fused-ring (bicyclic) bond motifs is 2. The van der Waals surface area contributed by atoms with Gasteiger partial charge in [0.05, 0.1) is 0 Å². The van der Waals surface area contributed by atoms with Gasteiger partial charge in [0.1, 0.15) is 0 Å². The largest absolute Gasteiger partial charge is 0.372 e. The fourth-order valence-electron chi connectivity index (χ4n) is 5.36. The van der Waals surface area contributed by atoms with Gasteiger partial charge < -0.3 is 15.1 Å². The summed E-state index contributed by atoms with van der Waals surface area (Å²) in [6.45, 7) is 13.6. The van der Waals surface area contributed by atoms with E-state index in [4.69, 9.17) is 0 Å². The summed E-state index contributed by atoms with van der Waals surface area (Å²) < 4.78 is 0. The number of carbonyl (C=O) groups excluding carboxylic acids is 2. The third kappa shape index (κ3) is 4.12. The number of hydrogen-bond acceptors (Lipinski definition) is 3. The normalized spacial score (nSPS) is 26.0. The molecule has 1 saturated carbocycles. The van der Waals surface area contributed by atoms with E-state index in [2.05, 4.69) is 44.8 Å². The topological polar surface area (TPSA) is 52.7 Å². The molecule has 1 saturated heterocycles. The molecule has 2 amide bonds. The number of nitrogens with one attached hydrogen (secondary N) is 1. The van der Waals surface area contributed by atoms with Crippen molar-refractivity contribution in [1.29, 1.82) is 0 Å². The molecule has 1 aromatic rings.